The van der Waals surface area contributed by atoms with Crippen LogP contribution in [0.5, 0.6) is 0 Å². The van der Waals surface area contributed by atoms with Crippen LogP contribution in [0.15, 0.2) is 60.8 Å². The van der Waals surface area contributed by atoms with Gasteiger partial charge in [0, 0.05) is 11.6 Å². The number of nitrogens with one attached hydrogen (secondary N) is 2. The normalized spacial score (nSPS) is 15.7. The van der Waals surface area contributed by atoms with Crippen LogP contribution in [0.4, 0.5) is 16.4 Å². The second-order valence-electron chi connectivity index (χ2n) is 8.61. The molecule has 4 rings (SSSR count). The van der Waals surface area contributed by atoms with Gasteiger partial charge in [-0.15, -0.1) is 0 Å². The van der Waals surface area contributed by atoms with E-state index in [0.29, 0.717) is 35.9 Å². The van der Waals surface area contributed by atoms with E-state index < -0.39 is 11.5 Å². The van der Waals surface area contributed by atoms with Gasteiger partial charge in [0.15, 0.2) is 0 Å². The Kier molecular flexibility index (Phi) is 6.70. The summed E-state index contributed by atoms with van der Waals surface area (Å²) < 4.78 is 0. The molecular formula is C25H26ClN5O3. The first-order valence-corrected chi connectivity index (χ1v) is 11.4. The van der Waals surface area contributed by atoms with Crippen molar-refractivity contribution in [2.24, 2.45) is 11.1 Å². The Morgan fingerprint density at radius 3 is 2.41 bits per heavy atom. The summed E-state index contributed by atoms with van der Waals surface area (Å²) >= 11 is 6.54. The van der Waals surface area contributed by atoms with Crippen LogP contribution in [0.3, 0.4) is 0 Å². The van der Waals surface area contributed by atoms with Crippen molar-refractivity contribution in [3.05, 3.63) is 82.6 Å². The lowest BCUT2D eigenvalue weighted by Gasteiger charge is -2.25. The van der Waals surface area contributed by atoms with E-state index in [4.69, 9.17) is 27.4 Å². The van der Waals surface area contributed by atoms with Gasteiger partial charge in [0.25, 0.3) is 0 Å². The summed E-state index contributed by atoms with van der Waals surface area (Å²) in [7, 11) is 0. The number of primary amides is 1. The number of anilines is 2. The van der Waals surface area contributed by atoms with Gasteiger partial charge in [-0.25, -0.2) is 14.8 Å². The zero-order chi connectivity index (χ0) is 24.3. The van der Waals surface area contributed by atoms with Crippen LogP contribution >= 0.6 is 11.6 Å². The summed E-state index contributed by atoms with van der Waals surface area (Å²) in [5.41, 5.74) is 8.38. The molecule has 8 nitrogen and oxygen atoms in total. The summed E-state index contributed by atoms with van der Waals surface area (Å²) in [5.74, 6) is -0.256. The molecule has 2 atom stereocenters. The molecule has 1 fully saturated rings. The molecule has 0 saturated heterocycles. The van der Waals surface area contributed by atoms with Crippen molar-refractivity contribution >= 4 is 35.2 Å². The maximum Gasteiger partial charge on any atom is 0.405 e. The van der Waals surface area contributed by atoms with Crippen LogP contribution in [0, 0.1) is 5.41 Å². The van der Waals surface area contributed by atoms with Crippen LogP contribution in [-0.2, 0) is 11.2 Å². The molecule has 5 N–H and O–H groups in total. The lowest BCUT2D eigenvalue weighted by atomic mass is 9.81. The number of hydrogen-bond acceptors (Lipinski definition) is 5. The lowest BCUT2D eigenvalue weighted by molar-refractivity contribution is -0.123. The molecule has 1 saturated carbocycles. The predicted octanol–water partition coefficient (Wildman–Crippen LogP) is 4.79. The molecule has 9 heteroatoms. The standard InChI is InChI=1S/C25H26ClN5O3/c1-15(29-24(33)34)17-7-9-18(10-8-17)30-23-28-14-20(26)21(31-23)19(25(11-12-25)22(27)32)13-16-5-3-2-4-6-16/h2-10,14-15,19,29H,11-13H2,1H3,(H2,27,32)(H,33,34)(H,28,30,31). The molecule has 0 radical (unpaired) electrons. The Hall–Kier alpha value is -3.65. The minimum atomic E-state index is -1.08. The second-order valence-corrected chi connectivity index (χ2v) is 9.01. The fourth-order valence-electron chi connectivity index (χ4n) is 4.24. The first-order valence-electron chi connectivity index (χ1n) is 11.0. The summed E-state index contributed by atoms with van der Waals surface area (Å²) in [6.07, 6.45) is 2.45. The van der Waals surface area contributed by atoms with Crippen molar-refractivity contribution in [2.45, 2.75) is 38.1 Å². The van der Waals surface area contributed by atoms with Gasteiger partial charge >= 0.3 is 6.09 Å². The highest BCUT2D eigenvalue weighted by molar-refractivity contribution is 6.31. The molecule has 34 heavy (non-hydrogen) atoms. The summed E-state index contributed by atoms with van der Waals surface area (Å²) in [6, 6.07) is 16.8. The molecule has 2 aromatic carbocycles. The molecule has 176 valence electrons. The molecule has 2 unspecified atom stereocenters. The number of nitrogens with zero attached hydrogens (tertiary/aromatic N) is 2. The Balaban J connectivity index is 1.60. The molecule has 1 aliphatic rings. The van der Waals surface area contributed by atoms with Crippen molar-refractivity contribution in [1.29, 1.82) is 0 Å². The average molecular weight is 480 g/mol. The smallest absolute Gasteiger partial charge is 0.405 e. The van der Waals surface area contributed by atoms with Crippen LogP contribution in [-0.4, -0.2) is 27.1 Å². The van der Waals surface area contributed by atoms with Crippen LogP contribution in [0.25, 0.3) is 0 Å². The SMILES string of the molecule is CC(NC(=O)O)c1ccc(Nc2ncc(Cl)c(C(Cc3ccccc3)C3(C(N)=O)CC3)n2)cc1. The molecular weight excluding hydrogens is 454 g/mol. The van der Waals surface area contributed by atoms with Crippen LogP contribution in [0.1, 0.15) is 48.5 Å². The number of rotatable bonds is 9. The van der Waals surface area contributed by atoms with Gasteiger partial charge in [0.05, 0.1) is 28.4 Å². The molecule has 1 aliphatic carbocycles. The highest BCUT2D eigenvalue weighted by Crippen LogP contribution is 2.57. The fraction of sp³-hybridized carbons (Fsp3) is 0.280. The third kappa shape index (κ3) is 5.12. The maximum atomic E-state index is 12.4. The molecule has 2 amide bonds. The van der Waals surface area contributed by atoms with Crippen LogP contribution in [0.2, 0.25) is 5.02 Å². The van der Waals surface area contributed by atoms with Crippen molar-refractivity contribution in [2.75, 3.05) is 5.32 Å². The average Bonchev–Trinajstić information content (AvgIpc) is 3.62. The Bertz CT molecular complexity index is 1180. The van der Waals surface area contributed by atoms with Crippen molar-refractivity contribution in [1.82, 2.24) is 15.3 Å². The highest BCUT2D eigenvalue weighted by atomic mass is 35.5. The monoisotopic (exact) mass is 479 g/mol. The quantitative estimate of drug-likeness (QED) is 0.349. The zero-order valence-electron chi connectivity index (χ0n) is 18.7. The number of amides is 2. The third-order valence-corrected chi connectivity index (χ3v) is 6.63. The fourth-order valence-corrected chi connectivity index (χ4v) is 4.47. The van der Waals surface area contributed by atoms with Gasteiger partial charge in [-0.05, 0) is 49.4 Å². The van der Waals surface area contributed by atoms with E-state index in [1.165, 1.54) is 6.20 Å². The first kappa shape index (κ1) is 23.5. The number of hydrogen-bond donors (Lipinski definition) is 4. The number of carbonyl (C=O) groups is 2. The van der Waals surface area contributed by atoms with Gasteiger partial charge in [0.1, 0.15) is 0 Å². The molecule has 0 aliphatic heterocycles. The van der Waals surface area contributed by atoms with Crippen molar-refractivity contribution in [3.63, 3.8) is 0 Å². The van der Waals surface area contributed by atoms with E-state index in [1.54, 1.807) is 6.92 Å². The van der Waals surface area contributed by atoms with E-state index in [0.717, 1.165) is 16.8 Å². The lowest BCUT2D eigenvalue weighted by Crippen LogP contribution is -2.32. The van der Waals surface area contributed by atoms with Gasteiger partial charge in [-0.1, -0.05) is 54.1 Å². The number of benzene rings is 2. The summed E-state index contributed by atoms with van der Waals surface area (Å²) in [4.78, 5) is 32.3. The Labute approximate surface area is 202 Å². The molecule has 1 aromatic heterocycles. The van der Waals surface area contributed by atoms with E-state index in [-0.39, 0.29) is 17.9 Å². The predicted molar refractivity (Wildman–Crippen MR) is 130 cm³/mol. The number of carboxylic acid groups (broad SMARTS) is 1. The maximum absolute atomic E-state index is 12.4. The Morgan fingerprint density at radius 1 is 1.15 bits per heavy atom. The topological polar surface area (TPSA) is 130 Å². The van der Waals surface area contributed by atoms with Gasteiger partial charge in [0.2, 0.25) is 11.9 Å². The summed E-state index contributed by atoms with van der Waals surface area (Å²) in [5, 5.41) is 14.9. The summed E-state index contributed by atoms with van der Waals surface area (Å²) in [6.45, 7) is 1.77. The number of aromatic nitrogens is 2. The molecule has 0 bridgehead atoms. The minimum absolute atomic E-state index is 0.270. The first-order chi connectivity index (χ1) is 16.3. The highest BCUT2D eigenvalue weighted by Gasteiger charge is 2.55. The molecule has 3 aromatic rings. The van der Waals surface area contributed by atoms with E-state index >= 15 is 0 Å². The number of carbonyl (C=O) groups excluding carboxylic acids is 1. The minimum Gasteiger partial charge on any atom is -0.465 e. The number of halogens is 1. The van der Waals surface area contributed by atoms with Crippen molar-refractivity contribution < 1.29 is 14.7 Å². The second kappa shape index (κ2) is 9.69. The van der Waals surface area contributed by atoms with Gasteiger partial charge in [-0.2, -0.15) is 0 Å². The Morgan fingerprint density at radius 2 is 1.82 bits per heavy atom. The largest absolute Gasteiger partial charge is 0.465 e. The zero-order valence-corrected chi connectivity index (χ0v) is 19.4. The van der Waals surface area contributed by atoms with Crippen LogP contribution < -0.4 is 16.4 Å². The van der Waals surface area contributed by atoms with Gasteiger partial charge < -0.3 is 21.5 Å². The van der Waals surface area contributed by atoms with E-state index in [1.807, 2.05) is 54.6 Å². The molecule has 1 heterocycles. The number of nitrogens with two attached hydrogens (primary N) is 1. The van der Waals surface area contributed by atoms with E-state index in [2.05, 4.69) is 15.6 Å². The van der Waals surface area contributed by atoms with E-state index in [9.17, 15) is 9.59 Å². The molecule has 0 spiro atoms. The van der Waals surface area contributed by atoms with Crippen molar-refractivity contribution in [3.8, 4) is 0 Å². The third-order valence-electron chi connectivity index (χ3n) is 6.34. The van der Waals surface area contributed by atoms with Gasteiger partial charge in [-0.3, -0.25) is 4.79 Å².